The van der Waals surface area contributed by atoms with Crippen LogP contribution in [-0.4, -0.2) is 50.2 Å². The van der Waals surface area contributed by atoms with E-state index in [0.29, 0.717) is 18.8 Å². The Hall–Kier alpha value is -1.10. The van der Waals surface area contributed by atoms with Crippen molar-refractivity contribution < 1.29 is 19.1 Å². The molecule has 5 nitrogen and oxygen atoms in total. The first kappa shape index (κ1) is 41.9. The van der Waals surface area contributed by atoms with Crippen molar-refractivity contribution in [1.82, 2.24) is 4.90 Å². The van der Waals surface area contributed by atoms with E-state index in [1.54, 1.807) is 0 Å². The number of rotatable bonds is 33. The minimum Gasteiger partial charge on any atom is -0.462 e. The van der Waals surface area contributed by atoms with Crippen LogP contribution in [0.1, 0.15) is 194 Å². The van der Waals surface area contributed by atoms with E-state index >= 15 is 0 Å². The fourth-order valence-corrected chi connectivity index (χ4v) is 5.90. The Morgan fingerprint density at radius 2 is 0.953 bits per heavy atom. The number of hydrogen-bond donors (Lipinski definition) is 0. The fraction of sp³-hybridized carbons (Fsp3) is 0.947. The summed E-state index contributed by atoms with van der Waals surface area (Å²) in [5.74, 6) is 0.136. The van der Waals surface area contributed by atoms with Crippen molar-refractivity contribution in [3.8, 4) is 0 Å². The number of carbonyl (C=O) groups excluding carboxylic acids is 2. The van der Waals surface area contributed by atoms with Crippen LogP contribution in [0.25, 0.3) is 0 Å². The topological polar surface area (TPSA) is 55.8 Å². The number of nitrogens with zero attached hydrogens (tertiary/aromatic N) is 1. The monoisotopic (exact) mass is 610 g/mol. The van der Waals surface area contributed by atoms with Gasteiger partial charge in [0.2, 0.25) is 0 Å². The summed E-state index contributed by atoms with van der Waals surface area (Å²) < 4.78 is 11.6. The van der Waals surface area contributed by atoms with E-state index in [4.69, 9.17) is 9.47 Å². The first-order valence-corrected chi connectivity index (χ1v) is 18.9. The lowest BCUT2D eigenvalue weighted by Gasteiger charge is -2.20. The quantitative estimate of drug-likeness (QED) is 0.0547. The van der Waals surface area contributed by atoms with E-state index in [9.17, 15) is 9.59 Å². The van der Waals surface area contributed by atoms with Crippen LogP contribution in [0.3, 0.4) is 0 Å². The molecule has 0 heterocycles. The number of hydrogen-bond acceptors (Lipinski definition) is 5. The Labute approximate surface area is 269 Å². The van der Waals surface area contributed by atoms with Gasteiger partial charge in [-0.2, -0.15) is 0 Å². The van der Waals surface area contributed by atoms with Crippen LogP contribution in [0, 0.1) is 5.92 Å². The molecule has 0 aliphatic heterocycles. The molecule has 1 unspecified atom stereocenters. The van der Waals surface area contributed by atoms with Gasteiger partial charge in [-0.25, -0.2) is 0 Å². The predicted molar refractivity (Wildman–Crippen MR) is 185 cm³/mol. The molecule has 0 saturated heterocycles. The molecule has 0 rings (SSSR count). The van der Waals surface area contributed by atoms with Gasteiger partial charge in [0.25, 0.3) is 0 Å². The number of ether oxygens (including phenoxy) is 2. The molecule has 0 aromatic carbocycles. The maximum Gasteiger partial charge on any atom is 0.306 e. The van der Waals surface area contributed by atoms with Gasteiger partial charge in [0.15, 0.2) is 0 Å². The van der Waals surface area contributed by atoms with Crippen LogP contribution >= 0.6 is 0 Å². The Kier molecular flexibility index (Phi) is 31.5. The van der Waals surface area contributed by atoms with Gasteiger partial charge in [0.05, 0.1) is 0 Å². The zero-order valence-electron chi connectivity index (χ0n) is 29.7. The highest BCUT2D eigenvalue weighted by Crippen LogP contribution is 2.23. The van der Waals surface area contributed by atoms with E-state index < -0.39 is 0 Å². The van der Waals surface area contributed by atoms with Crippen molar-refractivity contribution in [2.45, 2.75) is 200 Å². The SMILES string of the molecule is CCCCCCCCCCCCCC(COC(=O)CC(CCCCCCC)CCCCCCC)OC(=O)CCCN(C)C. The van der Waals surface area contributed by atoms with E-state index in [-0.39, 0.29) is 24.6 Å². The highest BCUT2D eigenvalue weighted by molar-refractivity contribution is 5.70. The first-order chi connectivity index (χ1) is 20.9. The molecule has 43 heavy (non-hydrogen) atoms. The van der Waals surface area contributed by atoms with E-state index in [1.807, 2.05) is 14.1 Å². The highest BCUT2D eigenvalue weighted by atomic mass is 16.6. The minimum absolute atomic E-state index is 0.111. The molecular weight excluding hydrogens is 534 g/mol. The number of esters is 2. The second-order valence-corrected chi connectivity index (χ2v) is 13.5. The molecule has 0 saturated carbocycles. The molecule has 0 spiro atoms. The lowest BCUT2D eigenvalue weighted by atomic mass is 9.91. The maximum atomic E-state index is 13.0. The van der Waals surface area contributed by atoms with Crippen LogP contribution < -0.4 is 0 Å². The van der Waals surface area contributed by atoms with Crippen molar-refractivity contribution in [2.75, 3.05) is 27.2 Å². The second-order valence-electron chi connectivity index (χ2n) is 13.5. The minimum atomic E-state index is -0.323. The Balaban J connectivity index is 4.65. The summed E-state index contributed by atoms with van der Waals surface area (Å²) in [7, 11) is 4.04. The zero-order valence-corrected chi connectivity index (χ0v) is 29.7. The van der Waals surface area contributed by atoms with Crippen molar-refractivity contribution >= 4 is 11.9 Å². The van der Waals surface area contributed by atoms with Crippen molar-refractivity contribution in [3.05, 3.63) is 0 Å². The smallest absolute Gasteiger partial charge is 0.306 e. The molecule has 256 valence electrons. The van der Waals surface area contributed by atoms with Crippen LogP contribution in [0.15, 0.2) is 0 Å². The summed E-state index contributed by atoms with van der Waals surface area (Å²) >= 11 is 0. The van der Waals surface area contributed by atoms with E-state index in [1.165, 1.54) is 122 Å². The summed E-state index contributed by atoms with van der Waals surface area (Å²) in [4.78, 5) is 27.6. The van der Waals surface area contributed by atoms with Gasteiger partial charge < -0.3 is 14.4 Å². The molecule has 0 aromatic rings. The van der Waals surface area contributed by atoms with Gasteiger partial charge in [-0.3, -0.25) is 9.59 Å². The normalized spacial score (nSPS) is 12.3. The average Bonchev–Trinajstić information content (AvgIpc) is 2.97. The third kappa shape index (κ3) is 30.7. The average molecular weight is 610 g/mol. The molecule has 0 fully saturated rings. The fourth-order valence-electron chi connectivity index (χ4n) is 5.90. The van der Waals surface area contributed by atoms with Gasteiger partial charge in [-0.05, 0) is 58.7 Å². The third-order valence-corrected chi connectivity index (χ3v) is 8.73. The van der Waals surface area contributed by atoms with Crippen molar-refractivity contribution in [3.63, 3.8) is 0 Å². The lowest BCUT2D eigenvalue weighted by Crippen LogP contribution is -2.26. The lowest BCUT2D eigenvalue weighted by molar-refractivity contribution is -0.160. The Morgan fingerprint density at radius 3 is 1.40 bits per heavy atom. The molecule has 0 aliphatic rings. The Bertz CT molecular complexity index is 595. The van der Waals surface area contributed by atoms with Crippen LogP contribution in [-0.2, 0) is 19.1 Å². The van der Waals surface area contributed by atoms with Crippen LogP contribution in [0.2, 0.25) is 0 Å². The summed E-state index contributed by atoms with van der Waals surface area (Å²) in [5, 5.41) is 0. The van der Waals surface area contributed by atoms with E-state index in [0.717, 1.165) is 45.1 Å². The number of carbonyl (C=O) groups is 2. The molecule has 0 N–H and O–H groups in total. The van der Waals surface area contributed by atoms with Gasteiger partial charge in [0, 0.05) is 12.8 Å². The zero-order chi connectivity index (χ0) is 31.8. The summed E-state index contributed by atoms with van der Waals surface area (Å²) in [6.45, 7) is 7.84. The standard InChI is InChI=1S/C38H75NO4/c1-6-9-12-15-16-17-18-19-20-23-26-30-36(43-37(40)31-27-32-39(4)5)34-42-38(41)33-35(28-24-21-13-10-7-2)29-25-22-14-11-8-3/h35-36H,6-34H2,1-5H3. The maximum absolute atomic E-state index is 13.0. The molecular formula is C38H75NO4. The Morgan fingerprint density at radius 1 is 0.535 bits per heavy atom. The van der Waals surface area contributed by atoms with Gasteiger partial charge in [-0.1, -0.05) is 149 Å². The first-order valence-electron chi connectivity index (χ1n) is 18.9. The van der Waals surface area contributed by atoms with Gasteiger partial charge >= 0.3 is 11.9 Å². The molecule has 0 bridgehead atoms. The summed E-state index contributed by atoms with van der Waals surface area (Å²) in [5.41, 5.74) is 0. The third-order valence-electron chi connectivity index (χ3n) is 8.73. The van der Waals surface area contributed by atoms with Crippen molar-refractivity contribution in [2.24, 2.45) is 5.92 Å². The molecule has 0 radical (unpaired) electrons. The van der Waals surface area contributed by atoms with Gasteiger partial charge in [0.1, 0.15) is 12.7 Å². The molecule has 5 heteroatoms. The summed E-state index contributed by atoms with van der Waals surface area (Å²) in [6.07, 6.45) is 31.2. The van der Waals surface area contributed by atoms with Gasteiger partial charge in [-0.15, -0.1) is 0 Å². The van der Waals surface area contributed by atoms with Crippen molar-refractivity contribution in [1.29, 1.82) is 0 Å². The molecule has 0 aliphatic carbocycles. The predicted octanol–water partition coefficient (Wildman–Crippen LogP) is 11.2. The molecule has 1 atom stereocenters. The van der Waals surface area contributed by atoms with Crippen LogP contribution in [0.4, 0.5) is 0 Å². The summed E-state index contributed by atoms with van der Waals surface area (Å²) in [6, 6.07) is 0. The highest BCUT2D eigenvalue weighted by Gasteiger charge is 2.19. The van der Waals surface area contributed by atoms with Crippen LogP contribution in [0.5, 0.6) is 0 Å². The largest absolute Gasteiger partial charge is 0.462 e. The second kappa shape index (κ2) is 32.3. The number of unbranched alkanes of at least 4 members (excludes halogenated alkanes) is 18. The molecule has 0 amide bonds. The molecule has 0 aromatic heterocycles. The van der Waals surface area contributed by atoms with E-state index in [2.05, 4.69) is 25.7 Å².